The minimum atomic E-state index is -0.324. The number of rotatable bonds is 5. The van der Waals surface area contributed by atoms with Crippen LogP contribution in [0, 0.1) is 5.82 Å². The van der Waals surface area contributed by atoms with Gasteiger partial charge in [0.15, 0.2) is 0 Å². The molecule has 1 aromatic carbocycles. The van der Waals surface area contributed by atoms with Crippen molar-refractivity contribution >= 4 is 0 Å². The van der Waals surface area contributed by atoms with Gasteiger partial charge in [0.2, 0.25) is 0 Å². The smallest absolute Gasteiger partial charge is 0.141 e. The summed E-state index contributed by atoms with van der Waals surface area (Å²) in [5.41, 5.74) is 8.09. The molecule has 0 spiro atoms. The molecule has 1 aromatic heterocycles. The molecule has 0 radical (unpaired) electrons. The number of nitrogens with zero attached hydrogens (tertiary/aromatic N) is 1. The maximum absolute atomic E-state index is 12.7. The van der Waals surface area contributed by atoms with Crippen molar-refractivity contribution in [2.75, 3.05) is 0 Å². The highest BCUT2D eigenvalue weighted by atomic mass is 19.1. The highest BCUT2D eigenvalue weighted by Gasteiger charge is 2.07. The molecule has 0 saturated heterocycles. The van der Waals surface area contributed by atoms with Crippen molar-refractivity contribution in [1.29, 1.82) is 0 Å². The largest absolute Gasteiger partial charge is 0.323 e. The number of hydrogen-bond acceptors (Lipinski definition) is 2. The molecule has 0 aliphatic carbocycles. The summed E-state index contributed by atoms with van der Waals surface area (Å²) < 4.78 is 12.7. The molecule has 1 heterocycles. The Morgan fingerprint density at radius 3 is 2.56 bits per heavy atom. The molecule has 3 heteroatoms. The fourth-order valence-electron chi connectivity index (χ4n) is 1.93. The van der Waals surface area contributed by atoms with E-state index in [1.165, 1.54) is 17.8 Å². The fourth-order valence-corrected chi connectivity index (χ4v) is 1.93. The molecule has 0 fully saturated rings. The molecule has 18 heavy (non-hydrogen) atoms. The molecule has 0 saturated carbocycles. The van der Waals surface area contributed by atoms with E-state index in [0.29, 0.717) is 0 Å². The summed E-state index contributed by atoms with van der Waals surface area (Å²) >= 11 is 0. The lowest BCUT2D eigenvalue weighted by Gasteiger charge is -2.10. The summed E-state index contributed by atoms with van der Waals surface area (Å²) in [7, 11) is 0. The van der Waals surface area contributed by atoms with Gasteiger partial charge >= 0.3 is 0 Å². The Hall–Kier alpha value is -1.74. The third kappa shape index (κ3) is 3.64. The fraction of sp³-hybridized carbons (Fsp3) is 0.267. The van der Waals surface area contributed by atoms with Gasteiger partial charge in [0, 0.05) is 6.04 Å². The summed E-state index contributed by atoms with van der Waals surface area (Å²) in [6.07, 6.45) is 4.08. The van der Waals surface area contributed by atoms with Crippen molar-refractivity contribution in [1.82, 2.24) is 4.98 Å². The molecule has 2 aromatic rings. The quantitative estimate of drug-likeness (QED) is 0.877. The van der Waals surface area contributed by atoms with Crippen LogP contribution in [-0.2, 0) is 6.42 Å². The number of aryl methyl sites for hydroxylation is 1. The van der Waals surface area contributed by atoms with E-state index < -0.39 is 0 Å². The van der Waals surface area contributed by atoms with Gasteiger partial charge < -0.3 is 5.73 Å². The first-order valence-electron chi connectivity index (χ1n) is 6.16. The van der Waals surface area contributed by atoms with Crippen LogP contribution in [0.3, 0.4) is 0 Å². The lowest BCUT2D eigenvalue weighted by atomic mass is 10.0. The van der Waals surface area contributed by atoms with E-state index in [2.05, 4.69) is 17.1 Å². The van der Waals surface area contributed by atoms with Crippen LogP contribution in [0.4, 0.5) is 4.39 Å². The highest BCUT2D eigenvalue weighted by Crippen LogP contribution is 2.15. The molecule has 1 atom stereocenters. The third-order valence-corrected chi connectivity index (χ3v) is 2.95. The number of halogens is 1. The van der Waals surface area contributed by atoms with E-state index in [9.17, 15) is 4.39 Å². The van der Waals surface area contributed by atoms with Gasteiger partial charge in [-0.2, -0.15) is 0 Å². The molecule has 0 aliphatic heterocycles. The van der Waals surface area contributed by atoms with Gasteiger partial charge in [0.05, 0.1) is 11.9 Å². The Balaban J connectivity index is 1.81. The normalized spacial score (nSPS) is 12.3. The summed E-state index contributed by atoms with van der Waals surface area (Å²) in [6.45, 7) is 0. The molecule has 94 valence electrons. The Labute approximate surface area is 107 Å². The number of aromatic nitrogens is 1. The zero-order valence-electron chi connectivity index (χ0n) is 10.2. The molecule has 0 amide bonds. The van der Waals surface area contributed by atoms with Crippen LogP contribution < -0.4 is 5.73 Å². The van der Waals surface area contributed by atoms with Gasteiger partial charge in [-0.05, 0) is 37.0 Å². The minimum absolute atomic E-state index is 0.116. The molecule has 1 unspecified atom stereocenters. The zero-order chi connectivity index (χ0) is 12.8. The number of hydrogen-bond donors (Lipinski definition) is 1. The summed E-state index contributed by atoms with van der Waals surface area (Å²) in [4.78, 5) is 4.00. The van der Waals surface area contributed by atoms with E-state index in [1.807, 2.05) is 18.2 Å². The minimum Gasteiger partial charge on any atom is -0.323 e. The van der Waals surface area contributed by atoms with Crippen LogP contribution >= 0.6 is 0 Å². The maximum Gasteiger partial charge on any atom is 0.141 e. The molecule has 2 nitrogen and oxygen atoms in total. The van der Waals surface area contributed by atoms with Gasteiger partial charge in [-0.25, -0.2) is 4.39 Å². The van der Waals surface area contributed by atoms with Crippen molar-refractivity contribution in [3.05, 3.63) is 65.7 Å². The predicted octanol–water partition coefficient (Wildman–Crippen LogP) is 3.24. The summed E-state index contributed by atoms with van der Waals surface area (Å²) in [5.74, 6) is -0.324. The van der Waals surface area contributed by atoms with Gasteiger partial charge in [-0.1, -0.05) is 30.3 Å². The molecular formula is C15H17FN2. The van der Waals surface area contributed by atoms with Gasteiger partial charge in [-0.15, -0.1) is 0 Å². The summed E-state index contributed by atoms with van der Waals surface area (Å²) in [6, 6.07) is 13.3. The Bertz CT molecular complexity index is 468. The second kappa shape index (κ2) is 6.26. The average molecular weight is 244 g/mol. The maximum atomic E-state index is 12.7. The lowest BCUT2D eigenvalue weighted by Crippen LogP contribution is -2.12. The van der Waals surface area contributed by atoms with Crippen LogP contribution in [0.5, 0.6) is 0 Å². The van der Waals surface area contributed by atoms with Crippen molar-refractivity contribution in [2.24, 2.45) is 5.73 Å². The summed E-state index contributed by atoms with van der Waals surface area (Å²) in [5, 5.41) is 0. The Kier molecular flexibility index (Phi) is 4.42. The van der Waals surface area contributed by atoms with E-state index >= 15 is 0 Å². The monoisotopic (exact) mass is 244 g/mol. The van der Waals surface area contributed by atoms with Gasteiger partial charge in [0.25, 0.3) is 0 Å². The van der Waals surface area contributed by atoms with Crippen LogP contribution in [-0.4, -0.2) is 4.98 Å². The van der Waals surface area contributed by atoms with Crippen LogP contribution in [0.1, 0.15) is 30.1 Å². The van der Waals surface area contributed by atoms with Gasteiger partial charge in [0.1, 0.15) is 5.82 Å². The first kappa shape index (κ1) is 12.7. The van der Waals surface area contributed by atoms with E-state index in [1.54, 1.807) is 6.07 Å². The Morgan fingerprint density at radius 1 is 1.11 bits per heavy atom. The third-order valence-electron chi connectivity index (χ3n) is 2.95. The standard InChI is InChI=1S/C15H17FN2/c16-13-9-10-15(18-11-13)14(17)8-4-7-12-5-2-1-3-6-12/h1-3,5-6,9-11,14H,4,7-8,17H2. The van der Waals surface area contributed by atoms with Crippen molar-refractivity contribution in [3.63, 3.8) is 0 Å². The van der Waals surface area contributed by atoms with E-state index in [4.69, 9.17) is 5.73 Å². The highest BCUT2D eigenvalue weighted by molar-refractivity contribution is 5.15. The molecule has 0 bridgehead atoms. The van der Waals surface area contributed by atoms with Gasteiger partial charge in [-0.3, -0.25) is 4.98 Å². The van der Waals surface area contributed by atoms with Crippen molar-refractivity contribution in [3.8, 4) is 0 Å². The molecular weight excluding hydrogens is 227 g/mol. The average Bonchev–Trinajstić information content (AvgIpc) is 2.40. The van der Waals surface area contributed by atoms with Crippen molar-refractivity contribution < 1.29 is 4.39 Å². The van der Waals surface area contributed by atoms with Crippen LogP contribution in [0.2, 0.25) is 0 Å². The number of benzene rings is 1. The predicted molar refractivity (Wildman–Crippen MR) is 70.5 cm³/mol. The number of nitrogens with two attached hydrogens (primary N) is 1. The lowest BCUT2D eigenvalue weighted by molar-refractivity contribution is 0.584. The molecule has 2 N–H and O–H groups in total. The topological polar surface area (TPSA) is 38.9 Å². The van der Waals surface area contributed by atoms with E-state index in [-0.39, 0.29) is 11.9 Å². The van der Waals surface area contributed by atoms with Crippen LogP contribution in [0.15, 0.2) is 48.7 Å². The Morgan fingerprint density at radius 2 is 1.89 bits per heavy atom. The second-order valence-electron chi connectivity index (χ2n) is 4.39. The first-order chi connectivity index (χ1) is 8.75. The first-order valence-corrected chi connectivity index (χ1v) is 6.16. The molecule has 0 aliphatic rings. The van der Waals surface area contributed by atoms with Crippen LogP contribution in [0.25, 0.3) is 0 Å². The zero-order valence-corrected chi connectivity index (χ0v) is 10.2. The second-order valence-corrected chi connectivity index (χ2v) is 4.39. The molecule has 2 rings (SSSR count). The SMILES string of the molecule is NC(CCCc1ccccc1)c1ccc(F)cn1. The number of pyridine rings is 1. The van der Waals surface area contributed by atoms with E-state index in [0.717, 1.165) is 25.0 Å². The van der Waals surface area contributed by atoms with Crippen molar-refractivity contribution in [2.45, 2.75) is 25.3 Å².